The molecule has 3 aromatic rings. The summed E-state index contributed by atoms with van der Waals surface area (Å²) in [5, 5.41) is 8.20. The van der Waals surface area contributed by atoms with E-state index in [2.05, 4.69) is 0 Å². The SMILES string of the molecule is CCOC(=N)c1coc2cc(Sc3ccccc3)ccc2c1=O. The number of benzene rings is 2. The molecule has 4 nitrogen and oxygen atoms in total. The van der Waals surface area contributed by atoms with Crippen molar-refractivity contribution < 1.29 is 9.15 Å². The fourth-order valence-electron chi connectivity index (χ4n) is 2.18. The van der Waals surface area contributed by atoms with E-state index in [0.717, 1.165) is 9.79 Å². The summed E-state index contributed by atoms with van der Waals surface area (Å²) >= 11 is 1.60. The summed E-state index contributed by atoms with van der Waals surface area (Å²) in [6, 6.07) is 15.4. The van der Waals surface area contributed by atoms with Crippen molar-refractivity contribution in [2.45, 2.75) is 16.7 Å². The Kier molecular flexibility index (Phi) is 4.48. The maximum Gasteiger partial charge on any atom is 0.220 e. The minimum atomic E-state index is -0.249. The molecule has 0 aliphatic heterocycles. The van der Waals surface area contributed by atoms with Crippen molar-refractivity contribution in [3.8, 4) is 0 Å². The zero-order valence-electron chi connectivity index (χ0n) is 12.5. The van der Waals surface area contributed by atoms with Crippen LogP contribution in [-0.2, 0) is 4.74 Å². The lowest BCUT2D eigenvalue weighted by atomic mass is 10.2. The highest BCUT2D eigenvalue weighted by molar-refractivity contribution is 7.99. The summed E-state index contributed by atoms with van der Waals surface area (Å²) in [7, 11) is 0. The third-order valence-corrected chi connectivity index (χ3v) is 4.26. The van der Waals surface area contributed by atoms with E-state index in [1.165, 1.54) is 6.26 Å². The third-order valence-electron chi connectivity index (χ3n) is 3.26. The van der Waals surface area contributed by atoms with Gasteiger partial charge in [-0.3, -0.25) is 10.2 Å². The molecule has 0 saturated carbocycles. The summed E-state index contributed by atoms with van der Waals surface area (Å²) in [5.74, 6) is -0.161. The summed E-state index contributed by atoms with van der Waals surface area (Å²) in [6.07, 6.45) is 1.29. The van der Waals surface area contributed by atoms with E-state index in [-0.39, 0.29) is 16.9 Å². The number of nitrogens with one attached hydrogen (secondary N) is 1. The van der Waals surface area contributed by atoms with Gasteiger partial charge in [0.1, 0.15) is 17.4 Å². The Balaban J connectivity index is 1.97. The Bertz CT molecular complexity index is 903. The largest absolute Gasteiger partial charge is 0.478 e. The van der Waals surface area contributed by atoms with Gasteiger partial charge < -0.3 is 9.15 Å². The van der Waals surface area contributed by atoms with Crippen LogP contribution < -0.4 is 5.43 Å². The first-order chi connectivity index (χ1) is 11.2. The molecule has 23 heavy (non-hydrogen) atoms. The van der Waals surface area contributed by atoms with Gasteiger partial charge in [-0.05, 0) is 37.3 Å². The Morgan fingerprint density at radius 1 is 1.17 bits per heavy atom. The first kappa shape index (κ1) is 15.4. The van der Waals surface area contributed by atoms with E-state index in [1.807, 2.05) is 42.5 Å². The Morgan fingerprint density at radius 3 is 2.70 bits per heavy atom. The molecular weight excluding hydrogens is 310 g/mol. The molecule has 0 fully saturated rings. The predicted octanol–water partition coefficient (Wildman–Crippen LogP) is 4.31. The molecule has 0 spiro atoms. The van der Waals surface area contributed by atoms with Crippen LogP contribution in [-0.4, -0.2) is 12.5 Å². The number of hydrogen-bond acceptors (Lipinski definition) is 5. The number of rotatable bonds is 4. The minimum Gasteiger partial charge on any atom is -0.478 e. The number of hydrogen-bond donors (Lipinski definition) is 1. The lowest BCUT2D eigenvalue weighted by molar-refractivity contribution is 0.324. The normalized spacial score (nSPS) is 10.7. The topological polar surface area (TPSA) is 63.3 Å². The van der Waals surface area contributed by atoms with Crippen molar-refractivity contribution in [1.29, 1.82) is 5.41 Å². The van der Waals surface area contributed by atoms with Gasteiger partial charge >= 0.3 is 0 Å². The van der Waals surface area contributed by atoms with E-state index < -0.39 is 0 Å². The highest BCUT2D eigenvalue weighted by Gasteiger charge is 2.13. The molecule has 0 unspecified atom stereocenters. The second kappa shape index (κ2) is 6.71. The highest BCUT2D eigenvalue weighted by atomic mass is 32.2. The summed E-state index contributed by atoms with van der Waals surface area (Å²) < 4.78 is 10.6. The fourth-order valence-corrected chi connectivity index (χ4v) is 3.04. The molecule has 0 radical (unpaired) electrons. The van der Waals surface area contributed by atoms with E-state index in [9.17, 15) is 4.79 Å². The molecule has 1 heterocycles. The monoisotopic (exact) mass is 325 g/mol. The quantitative estimate of drug-likeness (QED) is 0.573. The van der Waals surface area contributed by atoms with Crippen molar-refractivity contribution >= 4 is 28.6 Å². The van der Waals surface area contributed by atoms with Crippen LogP contribution in [0.4, 0.5) is 0 Å². The molecule has 2 aromatic carbocycles. The van der Waals surface area contributed by atoms with Crippen LogP contribution in [0.15, 0.2) is 73.8 Å². The molecule has 0 saturated heterocycles. The van der Waals surface area contributed by atoms with Gasteiger partial charge in [-0.2, -0.15) is 0 Å². The van der Waals surface area contributed by atoms with Crippen LogP contribution in [0.1, 0.15) is 12.5 Å². The molecule has 116 valence electrons. The number of fused-ring (bicyclic) bond motifs is 1. The van der Waals surface area contributed by atoms with Gasteiger partial charge in [0.2, 0.25) is 11.3 Å². The number of ether oxygens (including phenoxy) is 1. The molecule has 0 amide bonds. The van der Waals surface area contributed by atoms with Gasteiger partial charge in [0, 0.05) is 9.79 Å². The van der Waals surface area contributed by atoms with E-state index in [4.69, 9.17) is 14.6 Å². The summed E-state index contributed by atoms with van der Waals surface area (Å²) in [5.41, 5.74) is 0.396. The summed E-state index contributed by atoms with van der Waals surface area (Å²) in [6.45, 7) is 2.10. The van der Waals surface area contributed by atoms with Crippen molar-refractivity contribution in [2.75, 3.05) is 6.61 Å². The van der Waals surface area contributed by atoms with Crippen LogP contribution in [0.2, 0.25) is 0 Å². The summed E-state index contributed by atoms with van der Waals surface area (Å²) in [4.78, 5) is 14.5. The van der Waals surface area contributed by atoms with Gasteiger partial charge in [-0.25, -0.2) is 0 Å². The van der Waals surface area contributed by atoms with Crippen LogP contribution in [0.3, 0.4) is 0 Å². The van der Waals surface area contributed by atoms with Gasteiger partial charge in [0.25, 0.3) is 0 Å². The fraction of sp³-hybridized carbons (Fsp3) is 0.111. The van der Waals surface area contributed by atoms with Gasteiger partial charge in [0.05, 0.1) is 12.0 Å². The van der Waals surface area contributed by atoms with Crippen LogP contribution in [0.5, 0.6) is 0 Å². The average molecular weight is 325 g/mol. The molecule has 5 heteroatoms. The third kappa shape index (κ3) is 3.29. The van der Waals surface area contributed by atoms with E-state index >= 15 is 0 Å². The van der Waals surface area contributed by atoms with Crippen molar-refractivity contribution in [3.05, 3.63) is 70.6 Å². The molecule has 0 bridgehead atoms. The van der Waals surface area contributed by atoms with Gasteiger partial charge in [0.15, 0.2) is 0 Å². The Labute approximate surface area is 137 Å². The zero-order chi connectivity index (χ0) is 16.2. The van der Waals surface area contributed by atoms with Crippen LogP contribution >= 0.6 is 11.8 Å². The minimum absolute atomic E-state index is 0.141. The Hall–Kier alpha value is -2.53. The average Bonchev–Trinajstić information content (AvgIpc) is 2.56. The second-order valence-corrected chi connectivity index (χ2v) is 5.96. The van der Waals surface area contributed by atoms with Crippen LogP contribution in [0.25, 0.3) is 11.0 Å². The molecule has 0 aliphatic rings. The van der Waals surface area contributed by atoms with Gasteiger partial charge in [-0.15, -0.1) is 0 Å². The lowest BCUT2D eigenvalue weighted by Crippen LogP contribution is -2.17. The zero-order valence-corrected chi connectivity index (χ0v) is 13.4. The molecule has 0 atom stereocenters. The van der Waals surface area contributed by atoms with E-state index in [0.29, 0.717) is 17.6 Å². The maximum atomic E-state index is 12.4. The molecule has 0 aliphatic carbocycles. The molecule has 3 rings (SSSR count). The highest BCUT2D eigenvalue weighted by Crippen LogP contribution is 2.29. The molecule has 1 aromatic heterocycles. The lowest BCUT2D eigenvalue weighted by Gasteiger charge is -2.06. The standard InChI is InChI=1S/C18H15NO3S/c1-2-21-18(19)15-11-22-16-10-13(8-9-14(16)17(15)20)23-12-6-4-3-5-7-12/h3-11,19H,2H2,1H3. The van der Waals surface area contributed by atoms with Crippen molar-refractivity contribution in [3.63, 3.8) is 0 Å². The first-order valence-corrected chi connectivity index (χ1v) is 8.01. The second-order valence-electron chi connectivity index (χ2n) is 4.81. The first-order valence-electron chi connectivity index (χ1n) is 7.19. The van der Waals surface area contributed by atoms with Crippen molar-refractivity contribution in [2.24, 2.45) is 0 Å². The predicted molar refractivity (Wildman–Crippen MR) is 91.5 cm³/mol. The maximum absolute atomic E-state index is 12.4. The Morgan fingerprint density at radius 2 is 1.96 bits per heavy atom. The van der Waals surface area contributed by atoms with Gasteiger partial charge in [-0.1, -0.05) is 30.0 Å². The van der Waals surface area contributed by atoms with Crippen LogP contribution in [0, 0.1) is 5.41 Å². The van der Waals surface area contributed by atoms with E-state index in [1.54, 1.807) is 24.8 Å². The smallest absolute Gasteiger partial charge is 0.220 e. The molecule has 1 N–H and O–H groups in total. The molecular formula is C18H15NO3S. The van der Waals surface area contributed by atoms with Crippen molar-refractivity contribution in [1.82, 2.24) is 0 Å².